The van der Waals surface area contributed by atoms with Crippen molar-refractivity contribution < 1.29 is 4.21 Å². The number of benzene rings is 1. The molecule has 0 bridgehead atoms. The number of hydrogen-bond acceptors (Lipinski definition) is 5. The molecule has 0 aliphatic heterocycles. The molecular formula is C12H16N4OS. The summed E-state index contributed by atoms with van der Waals surface area (Å²) in [5.74, 6) is 0.911. The van der Waals surface area contributed by atoms with Gasteiger partial charge in [0.25, 0.3) is 0 Å². The van der Waals surface area contributed by atoms with Gasteiger partial charge in [-0.05, 0) is 19.1 Å². The minimum Gasteiger partial charge on any atom is -0.381 e. The molecule has 1 aromatic carbocycles. The Bertz CT molecular complexity index is 587. The lowest BCUT2D eigenvalue weighted by atomic mass is 10.3. The van der Waals surface area contributed by atoms with Crippen molar-refractivity contribution in [3.63, 3.8) is 0 Å². The first-order valence-corrected chi connectivity index (χ1v) is 7.28. The third-order valence-electron chi connectivity index (χ3n) is 2.72. The monoisotopic (exact) mass is 264 g/mol. The number of nitrogens with two attached hydrogens (primary N) is 1. The highest BCUT2D eigenvalue weighted by atomic mass is 32.2. The fourth-order valence-corrected chi connectivity index (χ4v) is 1.82. The maximum Gasteiger partial charge on any atom is 0.169 e. The lowest BCUT2D eigenvalue weighted by Crippen LogP contribution is -2.21. The third kappa shape index (κ3) is 2.76. The Labute approximate surface area is 108 Å². The van der Waals surface area contributed by atoms with Crippen molar-refractivity contribution in [2.75, 3.05) is 23.9 Å². The van der Waals surface area contributed by atoms with Crippen LogP contribution in [-0.4, -0.2) is 32.2 Å². The Morgan fingerprint density at radius 2 is 1.94 bits per heavy atom. The van der Waals surface area contributed by atoms with Gasteiger partial charge >= 0.3 is 0 Å². The summed E-state index contributed by atoms with van der Waals surface area (Å²) in [6.07, 6.45) is 1.68. The molecule has 6 heteroatoms. The van der Waals surface area contributed by atoms with Gasteiger partial charge in [-0.1, -0.05) is 12.1 Å². The predicted octanol–water partition coefficient (Wildman–Crippen LogP) is 1.39. The summed E-state index contributed by atoms with van der Waals surface area (Å²) in [7, 11) is -0.869. The smallest absolute Gasteiger partial charge is 0.169 e. The van der Waals surface area contributed by atoms with E-state index in [1.165, 1.54) is 0 Å². The number of anilines is 2. The lowest BCUT2D eigenvalue weighted by Gasteiger charge is -2.12. The van der Waals surface area contributed by atoms with E-state index < -0.39 is 10.8 Å². The molecule has 2 atom stereocenters. The average Bonchev–Trinajstić information content (AvgIpc) is 2.35. The largest absolute Gasteiger partial charge is 0.381 e. The number of nitrogen functional groups attached to an aromatic ring is 1. The van der Waals surface area contributed by atoms with E-state index >= 15 is 0 Å². The molecule has 2 aromatic rings. The Balaban J connectivity index is 2.23. The minimum absolute atomic E-state index is 0.0395. The van der Waals surface area contributed by atoms with Crippen LogP contribution in [0.15, 0.2) is 24.3 Å². The second kappa shape index (κ2) is 5.30. The van der Waals surface area contributed by atoms with E-state index in [2.05, 4.69) is 15.3 Å². The molecule has 96 valence electrons. The maximum atomic E-state index is 11.3. The van der Waals surface area contributed by atoms with Crippen LogP contribution >= 0.6 is 0 Å². The van der Waals surface area contributed by atoms with E-state index in [9.17, 15) is 4.21 Å². The van der Waals surface area contributed by atoms with E-state index in [1.807, 2.05) is 31.2 Å². The molecular weight excluding hydrogens is 248 g/mol. The zero-order valence-electron chi connectivity index (χ0n) is 10.4. The quantitative estimate of drug-likeness (QED) is 0.872. The molecule has 0 fully saturated rings. The molecule has 0 spiro atoms. The van der Waals surface area contributed by atoms with Crippen LogP contribution in [0.3, 0.4) is 0 Å². The van der Waals surface area contributed by atoms with Crippen LogP contribution in [0, 0.1) is 0 Å². The average molecular weight is 264 g/mol. The first-order chi connectivity index (χ1) is 8.58. The van der Waals surface area contributed by atoms with Gasteiger partial charge in [-0.25, -0.2) is 9.97 Å². The molecule has 18 heavy (non-hydrogen) atoms. The van der Waals surface area contributed by atoms with Gasteiger partial charge < -0.3 is 11.1 Å². The van der Waals surface area contributed by atoms with E-state index in [0.29, 0.717) is 18.2 Å². The van der Waals surface area contributed by atoms with E-state index in [1.54, 1.807) is 6.26 Å². The van der Waals surface area contributed by atoms with Crippen molar-refractivity contribution in [2.45, 2.75) is 12.2 Å². The highest BCUT2D eigenvalue weighted by Gasteiger charge is 2.09. The summed E-state index contributed by atoms with van der Waals surface area (Å²) in [5, 5.41) is 3.13. The van der Waals surface area contributed by atoms with Crippen molar-refractivity contribution in [1.29, 1.82) is 0 Å². The second-order valence-electron chi connectivity index (χ2n) is 4.14. The molecule has 2 unspecified atom stereocenters. The topological polar surface area (TPSA) is 80.9 Å². The van der Waals surface area contributed by atoms with Crippen molar-refractivity contribution >= 4 is 33.5 Å². The molecule has 3 N–H and O–H groups in total. The van der Waals surface area contributed by atoms with Crippen molar-refractivity contribution in [3.05, 3.63) is 24.3 Å². The van der Waals surface area contributed by atoms with Gasteiger partial charge in [0.2, 0.25) is 0 Å². The number of aromatic nitrogens is 2. The van der Waals surface area contributed by atoms with Gasteiger partial charge in [0.05, 0.1) is 11.0 Å². The molecule has 0 radical (unpaired) electrons. The molecule has 0 aliphatic rings. The lowest BCUT2D eigenvalue weighted by molar-refractivity contribution is 0.679. The zero-order chi connectivity index (χ0) is 13.1. The maximum absolute atomic E-state index is 11.3. The Morgan fingerprint density at radius 1 is 1.33 bits per heavy atom. The Kier molecular flexibility index (Phi) is 3.76. The van der Waals surface area contributed by atoms with Crippen LogP contribution in [0.2, 0.25) is 0 Å². The summed E-state index contributed by atoms with van der Waals surface area (Å²) < 4.78 is 11.3. The highest BCUT2D eigenvalue weighted by molar-refractivity contribution is 7.84. The molecule has 1 aromatic heterocycles. The fourth-order valence-electron chi connectivity index (χ4n) is 1.50. The number of fused-ring (bicyclic) bond motifs is 1. The van der Waals surface area contributed by atoms with E-state index in [0.717, 1.165) is 11.0 Å². The van der Waals surface area contributed by atoms with Crippen LogP contribution in [0.5, 0.6) is 0 Å². The Hall–Kier alpha value is -1.69. The van der Waals surface area contributed by atoms with Gasteiger partial charge in [-0.3, -0.25) is 4.21 Å². The number of nitrogens with zero attached hydrogens (tertiary/aromatic N) is 2. The van der Waals surface area contributed by atoms with Crippen LogP contribution in [0.4, 0.5) is 11.6 Å². The van der Waals surface area contributed by atoms with Gasteiger partial charge in [-0.2, -0.15) is 0 Å². The van der Waals surface area contributed by atoms with Gasteiger partial charge in [0.15, 0.2) is 11.6 Å². The number of nitrogens with one attached hydrogen (secondary N) is 1. The Morgan fingerprint density at radius 3 is 2.56 bits per heavy atom. The third-order valence-corrected chi connectivity index (χ3v) is 4.02. The zero-order valence-corrected chi connectivity index (χ0v) is 11.2. The van der Waals surface area contributed by atoms with Crippen LogP contribution in [0.1, 0.15) is 6.92 Å². The molecule has 0 aliphatic carbocycles. The molecule has 0 saturated heterocycles. The van der Waals surface area contributed by atoms with E-state index in [4.69, 9.17) is 5.73 Å². The fraction of sp³-hybridized carbons (Fsp3) is 0.333. The standard InChI is InChI=1S/C12H16N4OS/c1-8(18(2)17)7-14-12-11(13)15-9-5-3-4-6-10(9)16-12/h3-6,8H,7H2,1-2H3,(H2,13,15)(H,14,16). The molecule has 2 rings (SSSR count). The van der Waals surface area contributed by atoms with Gasteiger partial charge in [-0.15, -0.1) is 0 Å². The molecule has 1 heterocycles. The first-order valence-electron chi connectivity index (χ1n) is 5.66. The number of para-hydroxylation sites is 2. The summed E-state index contributed by atoms with van der Waals surface area (Å²) in [4.78, 5) is 8.68. The summed E-state index contributed by atoms with van der Waals surface area (Å²) >= 11 is 0. The second-order valence-corrected chi connectivity index (χ2v) is 5.94. The van der Waals surface area contributed by atoms with Crippen molar-refractivity contribution in [3.8, 4) is 0 Å². The van der Waals surface area contributed by atoms with Gasteiger partial charge in [0, 0.05) is 28.9 Å². The first kappa shape index (κ1) is 12.8. The van der Waals surface area contributed by atoms with Crippen molar-refractivity contribution in [1.82, 2.24) is 9.97 Å². The van der Waals surface area contributed by atoms with E-state index in [-0.39, 0.29) is 5.25 Å². The van der Waals surface area contributed by atoms with Crippen LogP contribution in [0.25, 0.3) is 11.0 Å². The number of rotatable bonds is 4. The minimum atomic E-state index is -0.869. The summed E-state index contributed by atoms with van der Waals surface area (Å²) in [5.41, 5.74) is 7.40. The van der Waals surface area contributed by atoms with Crippen molar-refractivity contribution in [2.24, 2.45) is 0 Å². The van der Waals surface area contributed by atoms with Crippen LogP contribution < -0.4 is 11.1 Å². The molecule has 0 saturated carbocycles. The highest BCUT2D eigenvalue weighted by Crippen LogP contribution is 2.18. The van der Waals surface area contributed by atoms with Crippen LogP contribution in [-0.2, 0) is 10.8 Å². The number of hydrogen-bond donors (Lipinski definition) is 2. The summed E-state index contributed by atoms with van der Waals surface area (Å²) in [6, 6.07) is 7.55. The predicted molar refractivity (Wildman–Crippen MR) is 76.0 cm³/mol. The molecule has 5 nitrogen and oxygen atoms in total. The SMILES string of the molecule is CC(CNc1nc2ccccc2nc1N)S(C)=O. The summed E-state index contributed by atoms with van der Waals surface area (Å²) in [6.45, 7) is 2.47. The normalized spacial score (nSPS) is 14.3. The molecule has 0 amide bonds. The van der Waals surface area contributed by atoms with Gasteiger partial charge in [0.1, 0.15) is 0 Å².